The molecule has 17 heteroatoms. The predicted octanol–water partition coefficient (Wildman–Crippen LogP) is 6.05. The van der Waals surface area contributed by atoms with Gasteiger partial charge in [-0.1, -0.05) is 51.2 Å². The lowest BCUT2D eigenvalue weighted by Crippen LogP contribution is -2.16. The van der Waals surface area contributed by atoms with Crippen LogP contribution in [0.4, 0.5) is 17.1 Å². The SMILES string of the molecule is CCCCCCCCc1ccc(OCCOCCOCCOCCOCCOCCOCCOCCOCCOCCNc2ccc([N+](=O)[O-])cc2[N+](=O)[O-])cc1. The number of unbranched alkanes of at least 4 members (excludes halogenated alkanes) is 5. The number of hydrogen-bond donors (Lipinski definition) is 1. The summed E-state index contributed by atoms with van der Waals surface area (Å²) in [4.78, 5) is 20.6. The van der Waals surface area contributed by atoms with Gasteiger partial charge < -0.3 is 52.7 Å². The van der Waals surface area contributed by atoms with E-state index in [9.17, 15) is 20.2 Å². The summed E-state index contributed by atoms with van der Waals surface area (Å²) in [5.41, 5.74) is 0.843. The second kappa shape index (κ2) is 35.6. The summed E-state index contributed by atoms with van der Waals surface area (Å²) in [5.74, 6) is 0.871. The molecular weight excluding hydrogens is 746 g/mol. The number of ether oxygens (including phenoxy) is 10. The lowest BCUT2D eigenvalue weighted by atomic mass is 10.0. The van der Waals surface area contributed by atoms with E-state index in [0.29, 0.717) is 125 Å². The third kappa shape index (κ3) is 27.7. The Balaban J connectivity index is 1.21. The van der Waals surface area contributed by atoms with E-state index in [1.54, 1.807) is 0 Å². The maximum absolute atomic E-state index is 11.2. The summed E-state index contributed by atoms with van der Waals surface area (Å²) in [6.07, 6.45) is 9.01. The van der Waals surface area contributed by atoms with Gasteiger partial charge in [-0.3, -0.25) is 20.2 Å². The number of aryl methyl sites for hydroxylation is 1. The molecule has 17 nitrogen and oxygen atoms in total. The Morgan fingerprint density at radius 1 is 0.491 bits per heavy atom. The molecule has 0 heterocycles. The van der Waals surface area contributed by atoms with Gasteiger partial charge in [0.15, 0.2) is 0 Å². The second-order valence-corrected chi connectivity index (χ2v) is 12.7. The molecule has 0 aromatic heterocycles. The molecule has 2 aromatic rings. The minimum atomic E-state index is -0.679. The summed E-state index contributed by atoms with van der Waals surface area (Å²) >= 11 is 0. The summed E-state index contributed by atoms with van der Waals surface area (Å²) in [5, 5.41) is 24.8. The molecule has 324 valence electrons. The van der Waals surface area contributed by atoms with Crippen molar-refractivity contribution < 1.29 is 57.2 Å². The van der Waals surface area contributed by atoms with Gasteiger partial charge in [0.2, 0.25) is 0 Å². The molecule has 0 saturated heterocycles. The zero-order valence-corrected chi connectivity index (χ0v) is 33.7. The minimum absolute atomic E-state index is 0.187. The van der Waals surface area contributed by atoms with Crippen LogP contribution in [-0.4, -0.2) is 142 Å². The molecule has 0 aliphatic heterocycles. The fourth-order valence-corrected chi connectivity index (χ4v) is 5.13. The summed E-state index contributed by atoms with van der Waals surface area (Å²) in [7, 11) is 0. The third-order valence-electron chi connectivity index (χ3n) is 8.17. The molecule has 0 unspecified atom stereocenters. The van der Waals surface area contributed by atoms with Crippen molar-refractivity contribution in [3.8, 4) is 5.75 Å². The third-order valence-corrected chi connectivity index (χ3v) is 8.17. The highest BCUT2D eigenvalue weighted by Gasteiger charge is 2.19. The van der Waals surface area contributed by atoms with Crippen LogP contribution in [0.1, 0.15) is 51.0 Å². The van der Waals surface area contributed by atoms with Crippen LogP contribution in [0.2, 0.25) is 0 Å². The van der Waals surface area contributed by atoms with Crippen LogP contribution in [0.25, 0.3) is 0 Å². The van der Waals surface area contributed by atoms with Crippen LogP contribution in [-0.2, 0) is 49.1 Å². The highest BCUT2D eigenvalue weighted by molar-refractivity contribution is 5.65. The smallest absolute Gasteiger partial charge is 0.299 e. The lowest BCUT2D eigenvalue weighted by Gasteiger charge is -2.09. The monoisotopic (exact) mass is 811 g/mol. The average molecular weight is 812 g/mol. The number of nitro groups is 2. The van der Waals surface area contributed by atoms with Crippen molar-refractivity contribution in [2.75, 3.05) is 137 Å². The van der Waals surface area contributed by atoms with Crippen LogP contribution >= 0.6 is 0 Å². The zero-order chi connectivity index (χ0) is 40.9. The molecule has 0 fully saturated rings. The molecule has 57 heavy (non-hydrogen) atoms. The molecule has 0 aliphatic carbocycles. The molecule has 0 saturated carbocycles. The van der Waals surface area contributed by atoms with Crippen molar-refractivity contribution in [1.82, 2.24) is 0 Å². The molecule has 0 aliphatic rings. The predicted molar refractivity (Wildman–Crippen MR) is 215 cm³/mol. The Morgan fingerprint density at radius 3 is 1.35 bits per heavy atom. The molecule has 1 N–H and O–H groups in total. The normalized spacial score (nSPS) is 11.2. The quantitative estimate of drug-likeness (QED) is 0.0464. The van der Waals surface area contributed by atoms with Crippen LogP contribution in [0.5, 0.6) is 5.75 Å². The number of nitro benzene ring substituents is 2. The van der Waals surface area contributed by atoms with Crippen molar-refractivity contribution in [1.29, 1.82) is 0 Å². The number of benzene rings is 2. The van der Waals surface area contributed by atoms with Gasteiger partial charge in [0.1, 0.15) is 18.0 Å². The van der Waals surface area contributed by atoms with E-state index >= 15 is 0 Å². The molecule has 0 amide bonds. The van der Waals surface area contributed by atoms with Gasteiger partial charge in [-0.15, -0.1) is 0 Å². The van der Waals surface area contributed by atoms with Crippen molar-refractivity contribution in [3.05, 3.63) is 68.3 Å². The molecule has 0 radical (unpaired) electrons. The summed E-state index contributed by atoms with van der Waals surface area (Å²) in [6.45, 7) is 11.1. The average Bonchev–Trinajstić information content (AvgIpc) is 3.21. The van der Waals surface area contributed by atoms with Crippen molar-refractivity contribution in [2.45, 2.75) is 51.9 Å². The van der Waals surface area contributed by atoms with E-state index in [0.717, 1.165) is 18.2 Å². The van der Waals surface area contributed by atoms with Crippen LogP contribution in [0.3, 0.4) is 0 Å². The Kier molecular flexibility index (Phi) is 31.0. The van der Waals surface area contributed by atoms with E-state index in [2.05, 4.69) is 24.4 Å². The summed E-state index contributed by atoms with van der Waals surface area (Å²) in [6, 6.07) is 11.8. The number of nitrogens with zero attached hydrogens (tertiary/aromatic N) is 2. The van der Waals surface area contributed by atoms with Crippen LogP contribution in [0.15, 0.2) is 42.5 Å². The fourth-order valence-electron chi connectivity index (χ4n) is 5.13. The standard InChI is InChI=1S/C40H65N3O14/c1-2-3-4-5-6-7-8-36-9-12-38(13-10-36)57-34-33-56-32-31-55-30-29-54-28-27-53-26-25-52-24-23-51-22-21-50-20-19-49-18-17-48-16-15-41-39-14-11-37(42(44)45)35-40(39)43(46)47/h9-14,35,41H,2-8,15-34H2,1H3. The van der Waals surface area contributed by atoms with Gasteiger partial charge in [0.05, 0.1) is 135 Å². The first kappa shape index (κ1) is 49.6. The first-order chi connectivity index (χ1) is 28.0. The van der Waals surface area contributed by atoms with Crippen LogP contribution in [0, 0.1) is 20.2 Å². The highest BCUT2D eigenvalue weighted by atomic mass is 16.6. The minimum Gasteiger partial charge on any atom is -0.491 e. The Morgan fingerprint density at radius 2 is 0.912 bits per heavy atom. The van der Waals surface area contributed by atoms with E-state index in [4.69, 9.17) is 47.4 Å². The first-order valence-electron chi connectivity index (χ1n) is 20.1. The molecule has 0 atom stereocenters. The number of hydrogen-bond acceptors (Lipinski definition) is 15. The van der Waals surface area contributed by atoms with Gasteiger partial charge in [0.25, 0.3) is 11.4 Å². The van der Waals surface area contributed by atoms with E-state index < -0.39 is 9.85 Å². The van der Waals surface area contributed by atoms with Crippen molar-refractivity contribution in [2.24, 2.45) is 0 Å². The Labute approximate surface area is 337 Å². The van der Waals surface area contributed by atoms with Crippen LogP contribution < -0.4 is 10.1 Å². The number of nitrogens with one attached hydrogen (secondary N) is 1. The summed E-state index contributed by atoms with van der Waals surface area (Å²) < 4.78 is 55.2. The second-order valence-electron chi connectivity index (χ2n) is 12.7. The van der Waals surface area contributed by atoms with Crippen molar-refractivity contribution in [3.63, 3.8) is 0 Å². The van der Waals surface area contributed by atoms with Gasteiger partial charge in [-0.2, -0.15) is 0 Å². The molecule has 2 aromatic carbocycles. The largest absolute Gasteiger partial charge is 0.491 e. The zero-order valence-electron chi connectivity index (χ0n) is 33.7. The number of non-ortho nitro benzene ring substituents is 1. The van der Waals surface area contributed by atoms with E-state index in [-0.39, 0.29) is 23.7 Å². The number of anilines is 1. The maximum Gasteiger partial charge on any atom is 0.299 e. The molecule has 2 rings (SSSR count). The first-order valence-corrected chi connectivity index (χ1v) is 20.1. The van der Waals surface area contributed by atoms with Gasteiger partial charge >= 0.3 is 0 Å². The fraction of sp³-hybridized carbons (Fsp3) is 0.700. The lowest BCUT2D eigenvalue weighted by molar-refractivity contribution is -0.393. The molecule has 0 bridgehead atoms. The van der Waals surface area contributed by atoms with Gasteiger partial charge in [-0.05, 0) is 36.6 Å². The topological polar surface area (TPSA) is 191 Å². The van der Waals surface area contributed by atoms with Crippen molar-refractivity contribution >= 4 is 17.1 Å². The van der Waals surface area contributed by atoms with E-state index in [1.807, 2.05) is 12.1 Å². The van der Waals surface area contributed by atoms with E-state index in [1.165, 1.54) is 56.2 Å². The molecule has 0 spiro atoms. The Hall–Kier alpha value is -3.52. The maximum atomic E-state index is 11.2. The molecular formula is C40H65N3O14. The number of rotatable bonds is 41. The highest BCUT2D eigenvalue weighted by Crippen LogP contribution is 2.28. The van der Waals surface area contributed by atoms with Gasteiger partial charge in [-0.25, -0.2) is 0 Å². The van der Waals surface area contributed by atoms with Gasteiger partial charge in [0, 0.05) is 12.6 Å². The Bertz CT molecular complexity index is 1270.